The summed E-state index contributed by atoms with van der Waals surface area (Å²) < 4.78 is 0. The molecule has 6 nitrogen and oxygen atoms in total. The molecule has 154 valence electrons. The number of Topliss-reactive ketones (excluding diaryl/α,β-unsaturated/α-hetero) is 1. The number of pyridine rings is 1. The summed E-state index contributed by atoms with van der Waals surface area (Å²) in [5.74, 6) is -1.14. The molecule has 0 saturated heterocycles. The molecule has 3 aromatic rings. The van der Waals surface area contributed by atoms with E-state index in [2.05, 4.69) is 10.3 Å². The third-order valence-corrected chi connectivity index (χ3v) is 5.25. The summed E-state index contributed by atoms with van der Waals surface area (Å²) in [6, 6.07) is 15.2. The lowest BCUT2D eigenvalue weighted by Crippen LogP contribution is -2.37. The molecule has 0 spiro atoms. The van der Waals surface area contributed by atoms with Crippen LogP contribution in [0.15, 0.2) is 72.6 Å². The fourth-order valence-corrected chi connectivity index (χ4v) is 3.45. The van der Waals surface area contributed by atoms with E-state index in [1.807, 2.05) is 6.07 Å². The van der Waals surface area contributed by atoms with Crippen molar-refractivity contribution in [3.63, 3.8) is 0 Å². The molecule has 2 amide bonds. The monoisotopic (exact) mass is 431 g/mol. The Kier molecular flexibility index (Phi) is 5.64. The van der Waals surface area contributed by atoms with E-state index in [1.165, 1.54) is 17.0 Å². The molecule has 1 aliphatic rings. The molecular formula is C24H18ClN3O3. The molecule has 0 fully saturated rings. The first-order valence-electron chi connectivity index (χ1n) is 9.55. The van der Waals surface area contributed by atoms with Crippen molar-refractivity contribution >= 4 is 41.0 Å². The fraction of sp³-hybridized carbons (Fsp3) is 0.0833. The molecule has 1 N–H and O–H groups in total. The second-order valence-electron chi connectivity index (χ2n) is 7.08. The van der Waals surface area contributed by atoms with Gasteiger partial charge >= 0.3 is 0 Å². The van der Waals surface area contributed by atoms with E-state index in [-0.39, 0.29) is 11.5 Å². The van der Waals surface area contributed by atoms with E-state index in [0.717, 1.165) is 5.56 Å². The number of benzene rings is 2. The van der Waals surface area contributed by atoms with Gasteiger partial charge in [-0.25, -0.2) is 0 Å². The highest BCUT2D eigenvalue weighted by molar-refractivity contribution is 6.36. The van der Waals surface area contributed by atoms with Crippen molar-refractivity contribution in [2.75, 3.05) is 11.9 Å². The second kappa shape index (κ2) is 8.53. The largest absolute Gasteiger partial charge is 0.348 e. The quantitative estimate of drug-likeness (QED) is 0.501. The maximum atomic E-state index is 13.1. The summed E-state index contributed by atoms with van der Waals surface area (Å²) in [6.07, 6.45) is 4.87. The number of ketones is 1. The Hall–Kier alpha value is -3.77. The third-order valence-electron chi connectivity index (χ3n) is 5.00. The number of hydrogen-bond donors (Lipinski definition) is 1. The van der Waals surface area contributed by atoms with Gasteiger partial charge in [0.2, 0.25) is 5.78 Å². The van der Waals surface area contributed by atoms with Gasteiger partial charge in [0.1, 0.15) is 0 Å². The zero-order chi connectivity index (χ0) is 22.0. The van der Waals surface area contributed by atoms with Gasteiger partial charge in [0.25, 0.3) is 11.8 Å². The van der Waals surface area contributed by atoms with Gasteiger partial charge in [-0.2, -0.15) is 0 Å². The first-order chi connectivity index (χ1) is 14.9. The molecule has 1 aliphatic heterocycles. The van der Waals surface area contributed by atoms with Crippen LogP contribution in [-0.2, 0) is 11.3 Å². The van der Waals surface area contributed by atoms with E-state index in [9.17, 15) is 14.4 Å². The van der Waals surface area contributed by atoms with Crippen molar-refractivity contribution in [2.45, 2.75) is 6.54 Å². The first-order valence-corrected chi connectivity index (χ1v) is 9.93. The Morgan fingerprint density at radius 2 is 1.90 bits per heavy atom. The lowest BCUT2D eigenvalue weighted by Gasteiger charge is -2.27. The van der Waals surface area contributed by atoms with Crippen molar-refractivity contribution in [1.82, 2.24) is 10.3 Å². The minimum atomic E-state index is -0.421. The lowest BCUT2D eigenvalue weighted by atomic mass is 9.92. The number of rotatable bonds is 4. The topological polar surface area (TPSA) is 79.4 Å². The number of carbonyl (C=O) groups excluding carboxylic acids is 3. The Morgan fingerprint density at radius 1 is 1.13 bits per heavy atom. The maximum absolute atomic E-state index is 13.1. The van der Waals surface area contributed by atoms with Crippen LogP contribution < -0.4 is 10.2 Å². The molecule has 0 aliphatic carbocycles. The van der Waals surface area contributed by atoms with E-state index in [4.69, 9.17) is 11.6 Å². The average molecular weight is 432 g/mol. The van der Waals surface area contributed by atoms with Gasteiger partial charge in [0, 0.05) is 42.1 Å². The second-order valence-corrected chi connectivity index (χ2v) is 7.52. The first kappa shape index (κ1) is 20.5. The van der Waals surface area contributed by atoms with Gasteiger partial charge in [-0.3, -0.25) is 19.4 Å². The zero-order valence-electron chi connectivity index (χ0n) is 16.6. The third kappa shape index (κ3) is 4.25. The van der Waals surface area contributed by atoms with Crippen LogP contribution in [0.4, 0.5) is 5.69 Å². The molecule has 0 atom stereocenters. The summed E-state index contributed by atoms with van der Waals surface area (Å²) in [4.78, 5) is 43.9. The summed E-state index contributed by atoms with van der Waals surface area (Å²) in [5.41, 5.74) is 2.69. The zero-order valence-corrected chi connectivity index (χ0v) is 17.4. The van der Waals surface area contributed by atoms with Gasteiger partial charge in [0.05, 0.1) is 11.3 Å². The number of anilines is 1. The summed E-state index contributed by atoms with van der Waals surface area (Å²) >= 11 is 5.91. The number of fused-ring (bicyclic) bond motifs is 1. The number of amides is 2. The van der Waals surface area contributed by atoms with Crippen LogP contribution in [0.2, 0.25) is 5.02 Å². The van der Waals surface area contributed by atoms with Gasteiger partial charge in [-0.1, -0.05) is 29.8 Å². The minimum Gasteiger partial charge on any atom is -0.348 e. The van der Waals surface area contributed by atoms with Crippen molar-refractivity contribution in [1.29, 1.82) is 0 Å². The molecule has 2 heterocycles. The summed E-state index contributed by atoms with van der Waals surface area (Å²) in [5, 5.41) is 3.38. The molecule has 7 heteroatoms. The predicted molar refractivity (Wildman–Crippen MR) is 119 cm³/mol. The highest BCUT2D eigenvalue weighted by Crippen LogP contribution is 2.31. The van der Waals surface area contributed by atoms with Crippen molar-refractivity contribution in [3.8, 4) is 0 Å². The van der Waals surface area contributed by atoms with Crippen LogP contribution in [-0.4, -0.2) is 29.6 Å². The standard InChI is InChI=1S/C24H18ClN3O3/c1-28-21-9-6-17(23(30)27-14-16-3-2-10-26-13-16)12-19(21)22(29)20(24(28)31)11-15-4-7-18(25)8-5-15/h2-13H,14H2,1H3,(H,27,30)/b20-11+. The molecule has 0 unspecified atom stereocenters. The Balaban J connectivity index is 1.62. The maximum Gasteiger partial charge on any atom is 0.262 e. The number of nitrogens with one attached hydrogen (secondary N) is 1. The van der Waals surface area contributed by atoms with Crippen molar-refractivity contribution in [2.24, 2.45) is 0 Å². The number of nitrogens with zero attached hydrogens (tertiary/aromatic N) is 2. The molecule has 4 rings (SSSR count). The highest BCUT2D eigenvalue weighted by atomic mass is 35.5. The van der Waals surface area contributed by atoms with Crippen LogP contribution in [0.1, 0.15) is 31.8 Å². The normalized spacial score (nSPS) is 14.5. The van der Waals surface area contributed by atoms with E-state index < -0.39 is 11.7 Å². The molecule has 1 aromatic heterocycles. The number of carbonyl (C=O) groups is 3. The Morgan fingerprint density at radius 3 is 2.61 bits per heavy atom. The van der Waals surface area contributed by atoms with Gasteiger partial charge < -0.3 is 10.2 Å². The summed E-state index contributed by atoms with van der Waals surface area (Å²) in [6.45, 7) is 0.317. The van der Waals surface area contributed by atoms with Gasteiger partial charge in [0.15, 0.2) is 0 Å². The van der Waals surface area contributed by atoms with Gasteiger partial charge in [-0.15, -0.1) is 0 Å². The fourth-order valence-electron chi connectivity index (χ4n) is 3.32. The Labute approximate surface area is 184 Å². The smallest absolute Gasteiger partial charge is 0.262 e. The number of aromatic nitrogens is 1. The van der Waals surface area contributed by atoms with Crippen LogP contribution in [0.3, 0.4) is 0 Å². The SMILES string of the molecule is CN1C(=O)/C(=C/c2ccc(Cl)cc2)C(=O)c2cc(C(=O)NCc3cccnc3)ccc21. The number of hydrogen-bond acceptors (Lipinski definition) is 4. The molecule has 0 bridgehead atoms. The van der Waals surface area contributed by atoms with Gasteiger partial charge in [-0.05, 0) is 53.6 Å². The molecule has 31 heavy (non-hydrogen) atoms. The highest BCUT2D eigenvalue weighted by Gasteiger charge is 2.33. The lowest BCUT2D eigenvalue weighted by molar-refractivity contribution is -0.114. The molecule has 0 saturated carbocycles. The van der Waals surface area contributed by atoms with E-state index in [0.29, 0.717) is 33.9 Å². The molecule has 2 aromatic carbocycles. The van der Waals surface area contributed by atoms with E-state index in [1.54, 1.807) is 61.9 Å². The number of halogens is 1. The van der Waals surface area contributed by atoms with Crippen LogP contribution in [0.5, 0.6) is 0 Å². The molecule has 0 radical (unpaired) electrons. The van der Waals surface area contributed by atoms with E-state index >= 15 is 0 Å². The van der Waals surface area contributed by atoms with Crippen LogP contribution >= 0.6 is 11.6 Å². The summed E-state index contributed by atoms with van der Waals surface area (Å²) in [7, 11) is 1.60. The molecular weight excluding hydrogens is 414 g/mol. The minimum absolute atomic E-state index is 0.0326. The van der Waals surface area contributed by atoms with Crippen molar-refractivity contribution in [3.05, 3.63) is 99.8 Å². The van der Waals surface area contributed by atoms with Crippen LogP contribution in [0.25, 0.3) is 6.08 Å². The number of likely N-dealkylation sites (N-methyl/N-ethyl adjacent to an activating group) is 1. The Bertz CT molecular complexity index is 1200. The van der Waals surface area contributed by atoms with Crippen LogP contribution in [0, 0.1) is 0 Å². The average Bonchev–Trinajstić information content (AvgIpc) is 2.80. The predicted octanol–water partition coefficient (Wildman–Crippen LogP) is 3.91. The van der Waals surface area contributed by atoms with Crippen molar-refractivity contribution < 1.29 is 14.4 Å².